The van der Waals surface area contributed by atoms with E-state index in [-0.39, 0.29) is 0 Å². The minimum atomic E-state index is -3.92. The normalized spacial score (nSPS) is 19.2. The van der Waals surface area contributed by atoms with Crippen LogP contribution in [0, 0.1) is 0 Å². The Kier molecular flexibility index (Phi) is 4.35. The van der Waals surface area contributed by atoms with Gasteiger partial charge < -0.3 is 4.18 Å². The van der Waals surface area contributed by atoms with Crippen molar-refractivity contribution in [2.24, 2.45) is 0 Å². The molecule has 1 heterocycles. The second-order valence-electron chi connectivity index (χ2n) is 3.72. The van der Waals surface area contributed by atoms with Crippen LogP contribution in [0.15, 0.2) is 11.3 Å². The number of hydrogen-bond acceptors (Lipinski definition) is 4. The number of allylic oxidation sites excluding steroid dienone is 1. The third-order valence-corrected chi connectivity index (χ3v) is 3.15. The van der Waals surface area contributed by atoms with E-state index in [0.717, 1.165) is 19.3 Å². The number of amides is 1. The van der Waals surface area contributed by atoms with E-state index >= 15 is 0 Å². The SMILES string of the molecule is CCCCC1=C(CCC)C(=O)NS(=O)(=O)O1. The minimum absolute atomic E-state index is 0.312. The molecule has 0 saturated heterocycles. The van der Waals surface area contributed by atoms with Crippen molar-refractivity contribution >= 4 is 16.2 Å². The van der Waals surface area contributed by atoms with Crippen molar-refractivity contribution < 1.29 is 17.4 Å². The Morgan fingerprint density at radius 1 is 1.19 bits per heavy atom. The van der Waals surface area contributed by atoms with Crippen LogP contribution in [0.1, 0.15) is 46.0 Å². The summed E-state index contributed by atoms with van der Waals surface area (Å²) >= 11 is 0. The average Bonchev–Trinajstić information content (AvgIpc) is 2.18. The molecule has 0 aliphatic carbocycles. The molecule has 0 aromatic carbocycles. The third kappa shape index (κ3) is 3.23. The second-order valence-corrected chi connectivity index (χ2v) is 5.00. The lowest BCUT2D eigenvalue weighted by Gasteiger charge is -2.20. The Morgan fingerprint density at radius 2 is 1.88 bits per heavy atom. The topological polar surface area (TPSA) is 72.5 Å². The van der Waals surface area contributed by atoms with Gasteiger partial charge in [-0.25, -0.2) is 4.72 Å². The second kappa shape index (κ2) is 5.34. The van der Waals surface area contributed by atoms with Crippen LogP contribution in [-0.2, 0) is 19.3 Å². The van der Waals surface area contributed by atoms with Crippen molar-refractivity contribution in [3.05, 3.63) is 11.3 Å². The lowest BCUT2D eigenvalue weighted by molar-refractivity contribution is -0.116. The van der Waals surface area contributed by atoms with Gasteiger partial charge in [-0.05, 0) is 12.8 Å². The van der Waals surface area contributed by atoms with Crippen LogP contribution < -0.4 is 4.72 Å². The molecule has 1 aliphatic heterocycles. The number of carbonyl (C=O) groups excluding carboxylic acids is 1. The van der Waals surface area contributed by atoms with E-state index in [4.69, 9.17) is 4.18 Å². The monoisotopic (exact) mass is 247 g/mol. The van der Waals surface area contributed by atoms with Gasteiger partial charge in [0.15, 0.2) is 0 Å². The van der Waals surface area contributed by atoms with E-state index in [1.165, 1.54) is 0 Å². The fraction of sp³-hybridized carbons (Fsp3) is 0.700. The molecule has 1 aliphatic rings. The summed E-state index contributed by atoms with van der Waals surface area (Å²) in [5, 5.41) is 0. The Hall–Kier alpha value is -1.04. The Labute approximate surface area is 96.1 Å². The highest BCUT2D eigenvalue weighted by molar-refractivity contribution is 7.85. The molecule has 1 N–H and O–H groups in total. The lowest BCUT2D eigenvalue weighted by Crippen LogP contribution is -2.38. The van der Waals surface area contributed by atoms with Gasteiger partial charge in [0.05, 0.1) is 5.57 Å². The first-order valence-corrected chi connectivity index (χ1v) is 6.89. The first kappa shape index (κ1) is 13.0. The molecule has 5 nitrogen and oxygen atoms in total. The van der Waals surface area contributed by atoms with Crippen LogP contribution in [0.2, 0.25) is 0 Å². The first-order valence-electron chi connectivity index (χ1n) is 5.48. The molecule has 0 unspecified atom stereocenters. The van der Waals surface area contributed by atoms with E-state index in [0.29, 0.717) is 24.2 Å². The summed E-state index contributed by atoms with van der Waals surface area (Å²) in [7, 11) is -3.92. The highest BCUT2D eigenvalue weighted by atomic mass is 32.2. The van der Waals surface area contributed by atoms with Gasteiger partial charge in [-0.3, -0.25) is 4.79 Å². The Morgan fingerprint density at radius 3 is 2.44 bits per heavy atom. The zero-order valence-corrected chi connectivity index (χ0v) is 10.4. The molecule has 0 bridgehead atoms. The molecule has 16 heavy (non-hydrogen) atoms. The van der Waals surface area contributed by atoms with Crippen LogP contribution in [0.25, 0.3) is 0 Å². The maximum Gasteiger partial charge on any atom is 0.409 e. The minimum Gasteiger partial charge on any atom is -0.371 e. The van der Waals surface area contributed by atoms with Gasteiger partial charge in [0.25, 0.3) is 5.91 Å². The number of carbonyl (C=O) groups is 1. The summed E-state index contributed by atoms with van der Waals surface area (Å²) in [6.07, 6.45) is 3.56. The standard InChI is InChI=1S/C10H17NO4S/c1-3-5-7-9-8(6-4-2)10(12)11-16(13,14)15-9/h3-7H2,1-2H3,(H,11,12). The van der Waals surface area contributed by atoms with Crippen molar-refractivity contribution in [2.75, 3.05) is 0 Å². The van der Waals surface area contributed by atoms with Crippen LogP contribution in [-0.4, -0.2) is 14.3 Å². The number of rotatable bonds is 5. The highest BCUT2D eigenvalue weighted by Crippen LogP contribution is 2.23. The molecule has 0 aromatic rings. The third-order valence-electron chi connectivity index (χ3n) is 2.30. The summed E-state index contributed by atoms with van der Waals surface area (Å²) in [6.45, 7) is 3.93. The molecule has 6 heteroatoms. The van der Waals surface area contributed by atoms with Gasteiger partial charge in [-0.15, -0.1) is 0 Å². The molecule has 0 atom stereocenters. The van der Waals surface area contributed by atoms with Crippen molar-refractivity contribution in [1.82, 2.24) is 4.72 Å². The molecule has 0 aromatic heterocycles. The largest absolute Gasteiger partial charge is 0.409 e. The average molecular weight is 247 g/mol. The summed E-state index contributed by atoms with van der Waals surface area (Å²) in [4.78, 5) is 11.5. The maximum absolute atomic E-state index is 11.5. The zero-order chi connectivity index (χ0) is 12.2. The number of unbranched alkanes of at least 4 members (excludes halogenated alkanes) is 1. The van der Waals surface area contributed by atoms with Crippen molar-refractivity contribution in [3.63, 3.8) is 0 Å². The van der Waals surface area contributed by atoms with Crippen LogP contribution in [0.4, 0.5) is 0 Å². The molecule has 92 valence electrons. The summed E-state index contributed by atoms with van der Waals surface area (Å²) in [5.41, 5.74) is 0.464. The molecule has 0 fully saturated rings. The fourth-order valence-electron chi connectivity index (χ4n) is 1.54. The fourth-order valence-corrected chi connectivity index (χ4v) is 2.38. The van der Waals surface area contributed by atoms with Gasteiger partial charge in [0.1, 0.15) is 5.76 Å². The molecular formula is C10H17NO4S. The van der Waals surface area contributed by atoms with Crippen LogP contribution in [0.3, 0.4) is 0 Å². The van der Waals surface area contributed by atoms with E-state index in [1.54, 1.807) is 0 Å². The molecule has 0 saturated carbocycles. The van der Waals surface area contributed by atoms with Gasteiger partial charge in [-0.2, -0.15) is 8.42 Å². The van der Waals surface area contributed by atoms with E-state index in [1.807, 2.05) is 18.6 Å². The van der Waals surface area contributed by atoms with Gasteiger partial charge in [-0.1, -0.05) is 26.7 Å². The van der Waals surface area contributed by atoms with Crippen LogP contribution in [0.5, 0.6) is 0 Å². The van der Waals surface area contributed by atoms with E-state index < -0.39 is 16.2 Å². The summed E-state index contributed by atoms with van der Waals surface area (Å²) < 4.78 is 29.1. The summed E-state index contributed by atoms with van der Waals surface area (Å²) in [5.74, 6) is -0.230. The lowest BCUT2D eigenvalue weighted by atomic mass is 10.1. The number of nitrogens with one attached hydrogen (secondary N) is 1. The molecule has 0 spiro atoms. The smallest absolute Gasteiger partial charge is 0.371 e. The predicted molar refractivity (Wildman–Crippen MR) is 59.6 cm³/mol. The summed E-state index contributed by atoms with van der Waals surface area (Å²) in [6, 6.07) is 0. The van der Waals surface area contributed by atoms with E-state index in [2.05, 4.69) is 0 Å². The van der Waals surface area contributed by atoms with Crippen molar-refractivity contribution in [2.45, 2.75) is 46.0 Å². The Bertz CT molecular complexity index is 397. The first-order chi connectivity index (χ1) is 7.50. The predicted octanol–water partition coefficient (Wildman–Crippen LogP) is 1.62. The van der Waals surface area contributed by atoms with Gasteiger partial charge >= 0.3 is 10.3 Å². The molecule has 1 amide bonds. The number of hydrogen-bond donors (Lipinski definition) is 1. The van der Waals surface area contributed by atoms with Crippen molar-refractivity contribution in [3.8, 4) is 0 Å². The van der Waals surface area contributed by atoms with E-state index in [9.17, 15) is 13.2 Å². The molecule has 1 rings (SSSR count). The van der Waals surface area contributed by atoms with Crippen LogP contribution >= 0.6 is 0 Å². The quantitative estimate of drug-likeness (QED) is 0.801. The highest BCUT2D eigenvalue weighted by Gasteiger charge is 2.29. The maximum atomic E-state index is 11.5. The van der Waals surface area contributed by atoms with Gasteiger partial charge in [0, 0.05) is 6.42 Å². The zero-order valence-electron chi connectivity index (χ0n) is 9.58. The molecule has 0 radical (unpaired) electrons. The Balaban J connectivity index is 2.97. The van der Waals surface area contributed by atoms with Crippen molar-refractivity contribution in [1.29, 1.82) is 0 Å². The van der Waals surface area contributed by atoms with Gasteiger partial charge in [0.2, 0.25) is 0 Å². The molecular weight excluding hydrogens is 230 g/mol.